The molecule has 30 heavy (non-hydrogen) atoms. The Balaban J connectivity index is 1.80. The molecule has 0 unspecified atom stereocenters. The highest BCUT2D eigenvalue weighted by atomic mass is 32.1. The average molecular weight is 430 g/mol. The molecule has 0 aliphatic carbocycles. The lowest BCUT2D eigenvalue weighted by molar-refractivity contribution is 0.0463. The van der Waals surface area contributed by atoms with Crippen LogP contribution in [-0.4, -0.2) is 33.2 Å². The van der Waals surface area contributed by atoms with Crippen molar-refractivity contribution in [3.8, 4) is 5.69 Å². The van der Waals surface area contributed by atoms with Crippen LogP contribution >= 0.6 is 11.3 Å². The second-order valence-electron chi connectivity index (χ2n) is 6.83. The third-order valence-electron chi connectivity index (χ3n) is 3.86. The molecule has 0 radical (unpaired) electrons. The Morgan fingerprint density at radius 1 is 1.23 bits per heavy atom. The lowest BCUT2D eigenvalue weighted by Gasteiger charge is -2.07. The molecule has 3 aromatic rings. The predicted octanol–water partition coefficient (Wildman–Crippen LogP) is 3.20. The maximum Gasteiger partial charge on any atom is 0.350 e. The summed E-state index contributed by atoms with van der Waals surface area (Å²) >= 11 is 0.954. The Kier molecular flexibility index (Phi) is 6.36. The van der Waals surface area contributed by atoms with Gasteiger partial charge in [0, 0.05) is 12.3 Å². The summed E-state index contributed by atoms with van der Waals surface area (Å²) in [5.41, 5.74) is -0.0613. The molecule has 1 amide bonds. The maximum atomic E-state index is 13.1. The molecule has 0 bridgehead atoms. The van der Waals surface area contributed by atoms with Crippen LogP contribution < -0.4 is 10.7 Å². The van der Waals surface area contributed by atoms with E-state index in [1.807, 2.05) is 13.8 Å². The fourth-order valence-electron chi connectivity index (χ4n) is 2.41. The van der Waals surface area contributed by atoms with E-state index in [0.717, 1.165) is 11.3 Å². The maximum absolute atomic E-state index is 13.1. The number of anilines is 1. The van der Waals surface area contributed by atoms with Gasteiger partial charge >= 0.3 is 5.97 Å². The summed E-state index contributed by atoms with van der Waals surface area (Å²) in [7, 11) is 0. The Bertz CT molecular complexity index is 1140. The third-order valence-corrected chi connectivity index (χ3v) is 4.92. The van der Waals surface area contributed by atoms with Gasteiger partial charge in [0.25, 0.3) is 5.91 Å². The number of rotatable bonds is 6. The average Bonchev–Trinajstić information content (AvgIpc) is 3.07. The second kappa shape index (κ2) is 8.95. The first-order valence-corrected chi connectivity index (χ1v) is 9.88. The molecule has 3 rings (SSSR count). The topological polar surface area (TPSA) is 103 Å². The Hall–Kier alpha value is -3.40. The number of benzene rings is 1. The molecular formula is C20H19FN4O4S. The van der Waals surface area contributed by atoms with Crippen LogP contribution in [0, 0.1) is 18.7 Å². The quantitative estimate of drug-likeness (QED) is 0.603. The number of halogens is 1. The number of amides is 1. The van der Waals surface area contributed by atoms with E-state index in [4.69, 9.17) is 4.74 Å². The van der Waals surface area contributed by atoms with Crippen molar-refractivity contribution in [2.75, 3.05) is 11.9 Å². The number of thiazole rings is 1. The minimum atomic E-state index is -0.771. The van der Waals surface area contributed by atoms with Gasteiger partial charge in [-0.25, -0.2) is 18.9 Å². The lowest BCUT2D eigenvalue weighted by Crippen LogP contribution is -2.25. The second-order valence-corrected chi connectivity index (χ2v) is 7.83. The fraction of sp³-hybridized carbons (Fsp3) is 0.250. The van der Waals surface area contributed by atoms with Crippen LogP contribution in [0.3, 0.4) is 0 Å². The van der Waals surface area contributed by atoms with Gasteiger partial charge in [0.2, 0.25) is 5.43 Å². The first-order valence-electron chi connectivity index (χ1n) is 9.06. The highest BCUT2D eigenvalue weighted by Gasteiger charge is 2.20. The number of carbonyl (C=O) groups is 2. The van der Waals surface area contributed by atoms with Crippen molar-refractivity contribution in [3.05, 3.63) is 68.8 Å². The number of hydrogen-bond acceptors (Lipinski definition) is 7. The van der Waals surface area contributed by atoms with Gasteiger partial charge in [-0.1, -0.05) is 25.2 Å². The van der Waals surface area contributed by atoms with E-state index < -0.39 is 23.1 Å². The predicted molar refractivity (Wildman–Crippen MR) is 110 cm³/mol. The molecule has 156 valence electrons. The van der Waals surface area contributed by atoms with Gasteiger partial charge in [0.15, 0.2) is 10.8 Å². The Morgan fingerprint density at radius 2 is 1.93 bits per heavy atom. The number of nitrogens with zero attached hydrogens (tertiary/aromatic N) is 3. The number of esters is 1. The SMILES string of the molecule is Cc1nc(NC(=O)c2nn(-c3ccc(F)cc3)ccc2=O)sc1C(=O)OCC(C)C. The van der Waals surface area contributed by atoms with Crippen molar-refractivity contribution in [2.45, 2.75) is 20.8 Å². The molecule has 1 aromatic carbocycles. The zero-order valence-corrected chi connectivity index (χ0v) is 17.3. The van der Waals surface area contributed by atoms with E-state index in [-0.39, 0.29) is 28.2 Å². The van der Waals surface area contributed by atoms with Gasteiger partial charge in [-0.3, -0.25) is 14.9 Å². The molecule has 2 aromatic heterocycles. The van der Waals surface area contributed by atoms with Crippen LogP contribution in [0.4, 0.5) is 9.52 Å². The van der Waals surface area contributed by atoms with E-state index in [1.165, 1.54) is 41.2 Å². The van der Waals surface area contributed by atoms with E-state index in [0.29, 0.717) is 11.4 Å². The molecule has 0 saturated carbocycles. The Labute approximate surface area is 175 Å². The molecule has 1 N–H and O–H groups in total. The monoisotopic (exact) mass is 430 g/mol. The molecule has 0 aliphatic rings. The zero-order chi connectivity index (χ0) is 21.8. The zero-order valence-electron chi connectivity index (χ0n) is 16.5. The third kappa shape index (κ3) is 4.95. The molecule has 0 spiro atoms. The molecular weight excluding hydrogens is 411 g/mol. The largest absolute Gasteiger partial charge is 0.461 e. The van der Waals surface area contributed by atoms with E-state index >= 15 is 0 Å². The van der Waals surface area contributed by atoms with Crippen LogP contribution in [0.1, 0.15) is 39.7 Å². The summed E-state index contributed by atoms with van der Waals surface area (Å²) in [6.07, 6.45) is 1.38. The van der Waals surface area contributed by atoms with E-state index in [1.54, 1.807) is 6.92 Å². The fourth-order valence-corrected chi connectivity index (χ4v) is 3.26. The summed E-state index contributed by atoms with van der Waals surface area (Å²) in [4.78, 5) is 41.3. The van der Waals surface area contributed by atoms with Crippen molar-refractivity contribution < 1.29 is 18.7 Å². The lowest BCUT2D eigenvalue weighted by atomic mass is 10.2. The molecule has 10 heteroatoms. The van der Waals surface area contributed by atoms with Crippen LogP contribution in [0.15, 0.2) is 41.3 Å². The van der Waals surface area contributed by atoms with E-state index in [2.05, 4.69) is 15.4 Å². The van der Waals surface area contributed by atoms with Gasteiger partial charge < -0.3 is 4.74 Å². The van der Waals surface area contributed by atoms with Gasteiger partial charge in [-0.15, -0.1) is 0 Å². The number of aryl methyl sites for hydroxylation is 1. The van der Waals surface area contributed by atoms with Gasteiger partial charge in [0.1, 0.15) is 10.7 Å². The Morgan fingerprint density at radius 3 is 2.60 bits per heavy atom. The summed E-state index contributed by atoms with van der Waals surface area (Å²) in [5.74, 6) is -1.52. The molecule has 2 heterocycles. The van der Waals surface area contributed by atoms with Crippen molar-refractivity contribution in [2.24, 2.45) is 5.92 Å². The molecule has 0 atom stereocenters. The van der Waals surface area contributed by atoms with Crippen LogP contribution in [0.25, 0.3) is 5.69 Å². The number of aromatic nitrogens is 3. The highest BCUT2D eigenvalue weighted by molar-refractivity contribution is 7.17. The van der Waals surface area contributed by atoms with Crippen LogP contribution in [0.2, 0.25) is 0 Å². The molecule has 8 nitrogen and oxygen atoms in total. The van der Waals surface area contributed by atoms with Crippen molar-refractivity contribution in [1.82, 2.24) is 14.8 Å². The van der Waals surface area contributed by atoms with Crippen LogP contribution in [-0.2, 0) is 4.74 Å². The van der Waals surface area contributed by atoms with Crippen LogP contribution in [0.5, 0.6) is 0 Å². The number of hydrogen-bond donors (Lipinski definition) is 1. The minimum absolute atomic E-state index is 0.146. The first kappa shape index (κ1) is 21.3. The highest BCUT2D eigenvalue weighted by Crippen LogP contribution is 2.24. The molecule has 0 aliphatic heterocycles. The minimum Gasteiger partial charge on any atom is -0.461 e. The summed E-state index contributed by atoms with van der Waals surface area (Å²) < 4.78 is 19.6. The molecule has 0 fully saturated rings. The van der Waals surface area contributed by atoms with Crippen molar-refractivity contribution >= 4 is 28.3 Å². The summed E-state index contributed by atoms with van der Waals surface area (Å²) in [6, 6.07) is 6.61. The standard InChI is InChI=1S/C20H19FN4O4S/c1-11(2)10-29-19(28)17-12(3)22-20(30-17)23-18(27)16-15(26)8-9-25(24-16)14-6-4-13(21)5-7-14/h4-9,11H,10H2,1-3H3,(H,22,23,27). The smallest absolute Gasteiger partial charge is 0.350 e. The summed E-state index contributed by atoms with van der Waals surface area (Å²) in [5, 5.41) is 6.67. The number of nitrogens with one attached hydrogen (secondary N) is 1. The van der Waals surface area contributed by atoms with Gasteiger partial charge in [0.05, 0.1) is 18.0 Å². The summed E-state index contributed by atoms with van der Waals surface area (Å²) in [6.45, 7) is 5.74. The molecule has 0 saturated heterocycles. The number of carbonyl (C=O) groups excluding carboxylic acids is 2. The van der Waals surface area contributed by atoms with Crippen molar-refractivity contribution in [3.63, 3.8) is 0 Å². The number of ether oxygens (including phenoxy) is 1. The van der Waals surface area contributed by atoms with Crippen molar-refractivity contribution in [1.29, 1.82) is 0 Å². The van der Waals surface area contributed by atoms with Gasteiger partial charge in [-0.05, 0) is 37.1 Å². The first-order chi connectivity index (χ1) is 14.2. The normalized spacial score (nSPS) is 10.8. The van der Waals surface area contributed by atoms with E-state index in [9.17, 15) is 18.8 Å². The van der Waals surface area contributed by atoms with Gasteiger partial charge in [-0.2, -0.15) is 5.10 Å².